The Balaban J connectivity index is 0.926. The predicted octanol–water partition coefficient (Wildman–Crippen LogP) is 15.0. The monoisotopic (exact) mass is 726 g/mol. The summed E-state index contributed by atoms with van der Waals surface area (Å²) in [5.41, 5.74) is 18.2. The Morgan fingerprint density at radius 2 is 0.518 bits per heavy atom. The summed E-state index contributed by atoms with van der Waals surface area (Å²) in [6, 6.07) is 69.1. The summed E-state index contributed by atoms with van der Waals surface area (Å²) < 4.78 is 0. The fourth-order valence-electron chi connectivity index (χ4n) is 7.18. The number of rotatable bonds is 11. The normalized spacial score (nSPS) is 10.9. The summed E-state index contributed by atoms with van der Waals surface area (Å²) in [6.45, 7) is 8.54. The van der Waals surface area contributed by atoms with Gasteiger partial charge in [-0.05, 0) is 182 Å². The van der Waals surface area contributed by atoms with Crippen molar-refractivity contribution in [2.75, 3.05) is 20.4 Å². The van der Waals surface area contributed by atoms with Gasteiger partial charge in [-0.15, -0.1) is 0 Å². The molecule has 0 bridgehead atoms. The second-order valence-electron chi connectivity index (χ2n) is 14.5. The molecule has 2 N–H and O–H groups in total. The molecule has 0 spiro atoms. The molecule has 0 radical (unpaired) electrons. The molecule has 0 heterocycles. The Kier molecular flexibility index (Phi) is 10.4. The summed E-state index contributed by atoms with van der Waals surface area (Å²) in [5, 5.41) is 7.17. The third-order valence-corrected chi connectivity index (χ3v) is 9.97. The van der Waals surface area contributed by atoms with Crippen molar-refractivity contribution in [3.05, 3.63) is 216 Å². The minimum absolute atomic E-state index is 1.04. The van der Waals surface area contributed by atoms with Crippen LogP contribution in [0.4, 0.5) is 56.9 Å². The van der Waals surface area contributed by atoms with Crippen LogP contribution in [0, 0.1) is 27.7 Å². The van der Waals surface area contributed by atoms with Crippen molar-refractivity contribution in [3.63, 3.8) is 0 Å². The number of hydrogen-bond donors (Lipinski definition) is 2. The molecular formula is C52H46N4. The first-order valence-electron chi connectivity index (χ1n) is 19.2. The van der Waals surface area contributed by atoms with Crippen LogP contribution in [0.15, 0.2) is 194 Å². The van der Waals surface area contributed by atoms with Crippen LogP contribution in [-0.4, -0.2) is 0 Å². The molecule has 8 aromatic rings. The zero-order valence-electron chi connectivity index (χ0n) is 32.4. The zero-order chi connectivity index (χ0) is 38.4. The molecule has 0 aliphatic rings. The van der Waals surface area contributed by atoms with E-state index in [9.17, 15) is 0 Å². The molecule has 0 amide bonds. The molecule has 0 saturated heterocycles. The summed E-state index contributed by atoms with van der Waals surface area (Å²) in [5.74, 6) is 0. The van der Waals surface area contributed by atoms with Gasteiger partial charge in [0.1, 0.15) is 0 Å². The van der Waals surface area contributed by atoms with Gasteiger partial charge in [0.25, 0.3) is 0 Å². The highest BCUT2D eigenvalue weighted by Crippen LogP contribution is 2.38. The SMILES string of the molecule is Cc1cccc(N(c2ccc(Nc3ccc(-c4ccc(Nc5ccc(N(c6cccc(C)c6)c6cccc(C)c6)cc5)cc4)cc3)cc2)c2cccc(C)c2)c1. The van der Waals surface area contributed by atoms with Crippen LogP contribution < -0.4 is 20.4 Å². The minimum Gasteiger partial charge on any atom is -0.356 e. The van der Waals surface area contributed by atoms with Crippen molar-refractivity contribution in [2.45, 2.75) is 27.7 Å². The lowest BCUT2D eigenvalue weighted by molar-refractivity contribution is 1.26. The largest absolute Gasteiger partial charge is 0.356 e. The molecule has 0 fully saturated rings. The molecule has 4 heteroatoms. The average molecular weight is 727 g/mol. The van der Waals surface area contributed by atoms with Crippen LogP contribution in [0.2, 0.25) is 0 Å². The minimum atomic E-state index is 1.04. The molecule has 0 aliphatic heterocycles. The van der Waals surface area contributed by atoms with E-state index in [1.165, 1.54) is 33.4 Å². The Labute approximate surface area is 331 Å². The third kappa shape index (κ3) is 8.36. The van der Waals surface area contributed by atoms with Gasteiger partial charge in [0.2, 0.25) is 0 Å². The van der Waals surface area contributed by atoms with Gasteiger partial charge in [-0.2, -0.15) is 0 Å². The van der Waals surface area contributed by atoms with Gasteiger partial charge < -0.3 is 20.4 Å². The highest BCUT2D eigenvalue weighted by atomic mass is 15.1. The summed E-state index contributed by atoms with van der Waals surface area (Å²) in [7, 11) is 0. The van der Waals surface area contributed by atoms with Crippen LogP contribution in [0.1, 0.15) is 22.3 Å². The predicted molar refractivity (Wildman–Crippen MR) is 240 cm³/mol. The Bertz CT molecular complexity index is 2280. The van der Waals surface area contributed by atoms with E-state index >= 15 is 0 Å². The Morgan fingerprint density at radius 1 is 0.268 bits per heavy atom. The first-order chi connectivity index (χ1) is 27.3. The van der Waals surface area contributed by atoms with Gasteiger partial charge >= 0.3 is 0 Å². The second kappa shape index (κ2) is 16.1. The maximum Gasteiger partial charge on any atom is 0.0464 e. The number of nitrogens with zero attached hydrogens (tertiary/aromatic N) is 2. The molecule has 0 atom stereocenters. The molecular weight excluding hydrogens is 681 g/mol. The van der Waals surface area contributed by atoms with Crippen molar-refractivity contribution < 1.29 is 0 Å². The molecule has 0 aromatic heterocycles. The first-order valence-corrected chi connectivity index (χ1v) is 19.2. The van der Waals surface area contributed by atoms with Crippen molar-refractivity contribution in [3.8, 4) is 11.1 Å². The zero-order valence-corrected chi connectivity index (χ0v) is 32.4. The van der Waals surface area contributed by atoms with E-state index in [1.54, 1.807) is 0 Å². The summed E-state index contributed by atoms with van der Waals surface area (Å²) >= 11 is 0. The topological polar surface area (TPSA) is 30.5 Å². The maximum atomic E-state index is 3.59. The van der Waals surface area contributed by atoms with Crippen molar-refractivity contribution in [2.24, 2.45) is 0 Å². The lowest BCUT2D eigenvalue weighted by Crippen LogP contribution is -2.10. The van der Waals surface area contributed by atoms with E-state index in [0.717, 1.165) is 56.9 Å². The van der Waals surface area contributed by atoms with Crippen LogP contribution in [-0.2, 0) is 0 Å². The lowest BCUT2D eigenvalue weighted by Gasteiger charge is -2.26. The van der Waals surface area contributed by atoms with E-state index in [1.807, 2.05) is 0 Å². The fourth-order valence-corrected chi connectivity index (χ4v) is 7.18. The van der Waals surface area contributed by atoms with Crippen molar-refractivity contribution in [1.82, 2.24) is 0 Å². The highest BCUT2D eigenvalue weighted by molar-refractivity contribution is 5.80. The lowest BCUT2D eigenvalue weighted by atomic mass is 10.0. The van der Waals surface area contributed by atoms with Gasteiger partial charge in [0.15, 0.2) is 0 Å². The van der Waals surface area contributed by atoms with Gasteiger partial charge in [0.05, 0.1) is 0 Å². The van der Waals surface area contributed by atoms with Crippen LogP contribution in [0.25, 0.3) is 11.1 Å². The average Bonchev–Trinajstić information content (AvgIpc) is 3.20. The maximum absolute atomic E-state index is 3.59. The van der Waals surface area contributed by atoms with Crippen molar-refractivity contribution in [1.29, 1.82) is 0 Å². The third-order valence-electron chi connectivity index (χ3n) is 9.97. The molecule has 56 heavy (non-hydrogen) atoms. The molecule has 4 nitrogen and oxygen atoms in total. The molecule has 0 unspecified atom stereocenters. The second-order valence-corrected chi connectivity index (χ2v) is 14.5. The Hall–Kier alpha value is -7.04. The summed E-state index contributed by atoms with van der Waals surface area (Å²) in [4.78, 5) is 4.62. The molecule has 8 rings (SSSR count). The quantitative estimate of drug-likeness (QED) is 0.139. The van der Waals surface area contributed by atoms with Gasteiger partial charge in [-0.3, -0.25) is 0 Å². The van der Waals surface area contributed by atoms with Crippen molar-refractivity contribution >= 4 is 56.9 Å². The standard InChI is InChI=1S/C52H46N4/c1-37-9-5-13-49(33-37)55(50-14-6-10-38(2)34-50)47-29-25-45(26-30-47)53-43-21-17-41(18-22-43)42-19-23-44(24-20-42)54-46-27-31-48(32-28-46)56(51-15-7-11-39(3)35-51)52-16-8-12-40(4)36-52/h5-36,53-54H,1-4H3. The number of benzene rings is 8. The van der Waals surface area contributed by atoms with Gasteiger partial charge in [-0.1, -0.05) is 72.8 Å². The van der Waals surface area contributed by atoms with E-state index < -0.39 is 0 Å². The van der Waals surface area contributed by atoms with Crippen LogP contribution in [0.5, 0.6) is 0 Å². The van der Waals surface area contributed by atoms with E-state index in [4.69, 9.17) is 0 Å². The Morgan fingerprint density at radius 3 is 0.768 bits per heavy atom. The number of anilines is 10. The number of hydrogen-bond acceptors (Lipinski definition) is 4. The van der Waals surface area contributed by atoms with Gasteiger partial charge in [0, 0.05) is 56.9 Å². The fraction of sp³-hybridized carbons (Fsp3) is 0.0769. The molecule has 0 saturated carbocycles. The summed E-state index contributed by atoms with van der Waals surface area (Å²) in [6.07, 6.45) is 0. The molecule has 0 aliphatic carbocycles. The highest BCUT2D eigenvalue weighted by Gasteiger charge is 2.15. The smallest absolute Gasteiger partial charge is 0.0464 e. The number of aryl methyl sites for hydroxylation is 4. The molecule has 274 valence electrons. The van der Waals surface area contributed by atoms with Crippen LogP contribution in [0.3, 0.4) is 0 Å². The van der Waals surface area contributed by atoms with Gasteiger partial charge in [-0.25, -0.2) is 0 Å². The van der Waals surface area contributed by atoms with E-state index in [-0.39, 0.29) is 0 Å². The first kappa shape index (κ1) is 36.0. The number of nitrogens with one attached hydrogen (secondary N) is 2. The van der Waals surface area contributed by atoms with Crippen LogP contribution >= 0.6 is 0 Å². The van der Waals surface area contributed by atoms with E-state index in [2.05, 4.69) is 242 Å². The molecule has 8 aromatic carbocycles. The van der Waals surface area contributed by atoms with E-state index in [0.29, 0.717) is 0 Å².